The van der Waals surface area contributed by atoms with E-state index in [1.54, 1.807) is 18.0 Å². The minimum Gasteiger partial charge on any atom is -0.338 e. The minimum absolute atomic E-state index is 0.122. The number of pyridine rings is 1. The lowest BCUT2D eigenvalue weighted by molar-refractivity contribution is -0.125. The van der Waals surface area contributed by atoms with E-state index in [-0.39, 0.29) is 5.91 Å². The van der Waals surface area contributed by atoms with E-state index in [1.165, 1.54) is 6.08 Å². The number of para-hydroxylation sites is 1. The molecule has 0 saturated carbocycles. The Labute approximate surface area is 180 Å². The molecule has 1 aromatic carbocycles. The van der Waals surface area contributed by atoms with Crippen LogP contribution in [0.25, 0.3) is 17.4 Å². The second kappa shape index (κ2) is 8.16. The van der Waals surface area contributed by atoms with Crippen molar-refractivity contribution in [3.8, 4) is 5.69 Å². The first-order valence-corrected chi connectivity index (χ1v) is 10.00. The maximum atomic E-state index is 12.7. The Hall–Kier alpha value is -3.38. The van der Waals surface area contributed by atoms with E-state index in [2.05, 4.69) is 10.1 Å². The molecule has 152 valence electrons. The molecule has 6 nitrogen and oxygen atoms in total. The molecule has 0 aliphatic rings. The zero-order valence-corrected chi connectivity index (χ0v) is 17.8. The number of carbonyl (C=O) groups is 1. The van der Waals surface area contributed by atoms with Crippen LogP contribution in [-0.4, -0.2) is 37.0 Å². The molecule has 0 aliphatic heterocycles. The number of aryl methyl sites for hydroxylation is 1. The van der Waals surface area contributed by atoms with Crippen LogP contribution < -0.4 is 0 Å². The van der Waals surface area contributed by atoms with Gasteiger partial charge in [-0.05, 0) is 44.2 Å². The lowest BCUT2D eigenvalue weighted by Gasteiger charge is -2.15. The number of hydrogen-bond acceptors (Lipinski definition) is 3. The lowest BCUT2D eigenvalue weighted by Crippen LogP contribution is -2.24. The van der Waals surface area contributed by atoms with Crippen molar-refractivity contribution in [3.63, 3.8) is 0 Å². The molecule has 3 aromatic heterocycles. The number of fused-ring (bicyclic) bond motifs is 1. The SMILES string of the molecule is Cc1nn(-c2ccccc2)c(C)c1CN(C)C(=O)/C=C/c1c(Cl)nc2ccccn12. The van der Waals surface area contributed by atoms with Crippen LogP contribution in [0.2, 0.25) is 5.15 Å². The molecule has 0 spiro atoms. The van der Waals surface area contributed by atoms with E-state index in [0.717, 1.165) is 28.3 Å². The fourth-order valence-electron chi connectivity index (χ4n) is 3.45. The number of likely N-dealkylation sites (N-methyl/N-ethyl adjacent to an activating group) is 1. The van der Waals surface area contributed by atoms with E-state index < -0.39 is 0 Å². The standard InChI is InChI=1S/C23H22ClN5O/c1-16-19(17(2)29(26-16)18-9-5-4-6-10-18)15-27(3)22(30)13-12-20-23(24)25-21-11-7-8-14-28(20)21/h4-14H,15H2,1-3H3/b13-12+. The molecule has 0 atom stereocenters. The summed E-state index contributed by atoms with van der Waals surface area (Å²) in [5, 5.41) is 5.02. The third kappa shape index (κ3) is 3.74. The molecular weight excluding hydrogens is 398 g/mol. The third-order valence-corrected chi connectivity index (χ3v) is 5.40. The molecule has 0 saturated heterocycles. The first-order valence-electron chi connectivity index (χ1n) is 9.62. The van der Waals surface area contributed by atoms with E-state index in [1.807, 2.05) is 77.7 Å². The molecule has 4 rings (SSSR count). The Morgan fingerprint density at radius 3 is 2.63 bits per heavy atom. The summed E-state index contributed by atoms with van der Waals surface area (Å²) >= 11 is 6.24. The van der Waals surface area contributed by atoms with Gasteiger partial charge in [0.15, 0.2) is 5.15 Å². The van der Waals surface area contributed by atoms with Gasteiger partial charge in [0.25, 0.3) is 0 Å². The van der Waals surface area contributed by atoms with Crippen LogP contribution in [0, 0.1) is 13.8 Å². The summed E-state index contributed by atoms with van der Waals surface area (Å²) in [6, 6.07) is 15.6. The van der Waals surface area contributed by atoms with Gasteiger partial charge in [0.2, 0.25) is 5.91 Å². The molecule has 7 heteroatoms. The first kappa shape index (κ1) is 19.9. The second-order valence-electron chi connectivity index (χ2n) is 7.14. The Kier molecular flexibility index (Phi) is 5.42. The Balaban J connectivity index is 1.54. The molecule has 4 aromatic rings. The van der Waals surface area contributed by atoms with Crippen molar-refractivity contribution in [1.29, 1.82) is 0 Å². The van der Waals surface area contributed by atoms with Gasteiger partial charge >= 0.3 is 0 Å². The zero-order chi connectivity index (χ0) is 21.3. The van der Waals surface area contributed by atoms with E-state index in [9.17, 15) is 4.79 Å². The van der Waals surface area contributed by atoms with Crippen molar-refractivity contribution in [1.82, 2.24) is 24.1 Å². The highest BCUT2D eigenvalue weighted by Gasteiger charge is 2.16. The predicted octanol–water partition coefficient (Wildman–Crippen LogP) is 4.46. The topological polar surface area (TPSA) is 55.4 Å². The molecule has 3 heterocycles. The highest BCUT2D eigenvalue weighted by molar-refractivity contribution is 6.31. The largest absolute Gasteiger partial charge is 0.338 e. The maximum Gasteiger partial charge on any atom is 0.246 e. The van der Waals surface area contributed by atoms with E-state index in [0.29, 0.717) is 17.4 Å². The molecule has 0 N–H and O–H groups in total. The molecule has 0 bridgehead atoms. The maximum absolute atomic E-state index is 12.7. The van der Waals surface area contributed by atoms with E-state index >= 15 is 0 Å². The summed E-state index contributed by atoms with van der Waals surface area (Å²) in [5.74, 6) is -0.122. The van der Waals surface area contributed by atoms with Crippen LogP contribution in [0.1, 0.15) is 22.6 Å². The quantitative estimate of drug-likeness (QED) is 0.449. The lowest BCUT2D eigenvalue weighted by atomic mass is 10.2. The van der Waals surface area contributed by atoms with Crippen LogP contribution in [0.3, 0.4) is 0 Å². The van der Waals surface area contributed by atoms with Crippen LogP contribution in [-0.2, 0) is 11.3 Å². The van der Waals surface area contributed by atoms with Crippen LogP contribution >= 0.6 is 11.6 Å². The summed E-state index contributed by atoms with van der Waals surface area (Å²) in [6.07, 6.45) is 5.09. The average molecular weight is 420 g/mol. The first-order chi connectivity index (χ1) is 14.5. The number of nitrogens with zero attached hydrogens (tertiary/aromatic N) is 5. The highest BCUT2D eigenvalue weighted by atomic mass is 35.5. The van der Waals surface area contributed by atoms with Crippen LogP contribution in [0.4, 0.5) is 0 Å². The smallest absolute Gasteiger partial charge is 0.246 e. The van der Waals surface area contributed by atoms with Crippen molar-refractivity contribution in [3.05, 3.63) is 88.6 Å². The third-order valence-electron chi connectivity index (χ3n) is 5.12. The molecular formula is C23H22ClN5O. The molecule has 1 amide bonds. The fraction of sp³-hybridized carbons (Fsp3) is 0.174. The normalized spacial score (nSPS) is 11.5. The molecule has 0 unspecified atom stereocenters. The number of rotatable bonds is 5. The van der Waals surface area contributed by atoms with Gasteiger partial charge < -0.3 is 4.90 Å². The van der Waals surface area contributed by atoms with Crippen molar-refractivity contribution >= 4 is 29.2 Å². The Morgan fingerprint density at radius 1 is 1.13 bits per heavy atom. The van der Waals surface area contributed by atoms with Gasteiger partial charge in [-0.25, -0.2) is 9.67 Å². The molecule has 0 radical (unpaired) electrons. The van der Waals surface area contributed by atoms with Gasteiger partial charge in [-0.1, -0.05) is 35.9 Å². The highest BCUT2D eigenvalue weighted by Crippen LogP contribution is 2.21. The Morgan fingerprint density at radius 2 is 1.87 bits per heavy atom. The van der Waals surface area contributed by atoms with Crippen LogP contribution in [0.15, 0.2) is 60.8 Å². The van der Waals surface area contributed by atoms with Crippen molar-refractivity contribution < 1.29 is 4.79 Å². The Bertz CT molecular complexity index is 1240. The van der Waals surface area contributed by atoms with Gasteiger partial charge in [-0.3, -0.25) is 9.20 Å². The summed E-state index contributed by atoms with van der Waals surface area (Å²) in [5.41, 5.74) is 5.38. The number of imidazole rings is 1. The minimum atomic E-state index is -0.122. The number of aromatic nitrogens is 4. The molecule has 30 heavy (non-hydrogen) atoms. The number of hydrogen-bond donors (Lipinski definition) is 0. The predicted molar refractivity (Wildman–Crippen MR) is 119 cm³/mol. The zero-order valence-electron chi connectivity index (χ0n) is 17.1. The van der Waals surface area contributed by atoms with Gasteiger partial charge in [-0.2, -0.15) is 5.10 Å². The summed E-state index contributed by atoms with van der Waals surface area (Å²) in [7, 11) is 1.78. The molecule has 0 fully saturated rings. The van der Waals surface area contributed by atoms with Gasteiger partial charge in [0.1, 0.15) is 5.65 Å². The van der Waals surface area contributed by atoms with Crippen LogP contribution in [0.5, 0.6) is 0 Å². The monoisotopic (exact) mass is 419 g/mol. The van der Waals surface area contributed by atoms with Crippen molar-refractivity contribution in [2.24, 2.45) is 0 Å². The summed E-state index contributed by atoms with van der Waals surface area (Å²) in [4.78, 5) is 18.7. The molecule has 0 aliphatic carbocycles. The van der Waals surface area contributed by atoms with Gasteiger partial charge in [0.05, 0.1) is 17.1 Å². The second-order valence-corrected chi connectivity index (χ2v) is 7.50. The summed E-state index contributed by atoms with van der Waals surface area (Å²) in [6.45, 7) is 4.46. The van der Waals surface area contributed by atoms with Crippen molar-refractivity contribution in [2.45, 2.75) is 20.4 Å². The number of benzene rings is 1. The number of amides is 1. The van der Waals surface area contributed by atoms with Crippen molar-refractivity contribution in [2.75, 3.05) is 7.05 Å². The number of carbonyl (C=O) groups excluding carboxylic acids is 1. The summed E-state index contributed by atoms with van der Waals surface area (Å²) < 4.78 is 3.77. The van der Waals surface area contributed by atoms with Gasteiger partial charge in [0, 0.05) is 37.1 Å². The average Bonchev–Trinajstić information content (AvgIpc) is 3.22. The van der Waals surface area contributed by atoms with E-state index in [4.69, 9.17) is 11.6 Å². The fourth-order valence-corrected chi connectivity index (χ4v) is 3.69. The number of halogens is 1. The van der Waals surface area contributed by atoms with Gasteiger partial charge in [-0.15, -0.1) is 0 Å².